The molecule has 98 valence electrons. The van der Waals surface area contributed by atoms with E-state index >= 15 is 0 Å². The molecular weight excluding hydrogens is 234 g/mol. The number of ether oxygens (including phenoxy) is 2. The Hall–Kier alpha value is -1.75. The Morgan fingerprint density at radius 1 is 1.61 bits per heavy atom. The SMILES string of the molecule is COc1cccc(NC(C(=O)O)C2CCOC2)c1. The molecule has 1 saturated heterocycles. The lowest BCUT2D eigenvalue weighted by Crippen LogP contribution is -2.37. The maximum atomic E-state index is 11.3. The van der Waals surface area contributed by atoms with Crippen LogP contribution in [0.25, 0.3) is 0 Å². The van der Waals surface area contributed by atoms with Crippen molar-refractivity contribution < 1.29 is 19.4 Å². The Bertz CT molecular complexity index is 415. The van der Waals surface area contributed by atoms with E-state index in [9.17, 15) is 9.90 Å². The lowest BCUT2D eigenvalue weighted by Gasteiger charge is -2.20. The van der Waals surface area contributed by atoms with Gasteiger partial charge in [-0.1, -0.05) is 6.07 Å². The molecule has 1 aromatic rings. The summed E-state index contributed by atoms with van der Waals surface area (Å²) >= 11 is 0. The number of aliphatic carboxylic acids is 1. The molecule has 1 aliphatic heterocycles. The Morgan fingerprint density at radius 3 is 3.06 bits per heavy atom. The van der Waals surface area contributed by atoms with Gasteiger partial charge in [0.15, 0.2) is 0 Å². The first-order valence-electron chi connectivity index (χ1n) is 5.92. The van der Waals surface area contributed by atoms with Crippen LogP contribution in [0.3, 0.4) is 0 Å². The highest BCUT2D eigenvalue weighted by Gasteiger charge is 2.31. The van der Waals surface area contributed by atoms with Crippen molar-refractivity contribution in [3.63, 3.8) is 0 Å². The molecule has 2 rings (SSSR count). The lowest BCUT2D eigenvalue weighted by atomic mass is 9.99. The summed E-state index contributed by atoms with van der Waals surface area (Å²) in [7, 11) is 1.58. The molecule has 1 aliphatic rings. The number of nitrogens with one attached hydrogen (secondary N) is 1. The normalized spacial score (nSPS) is 20.4. The van der Waals surface area contributed by atoms with Crippen molar-refractivity contribution >= 4 is 11.7 Å². The molecule has 2 N–H and O–H groups in total. The summed E-state index contributed by atoms with van der Waals surface area (Å²) in [6.45, 7) is 1.13. The first-order valence-corrected chi connectivity index (χ1v) is 5.92. The molecule has 1 heterocycles. The van der Waals surface area contributed by atoms with Gasteiger partial charge in [0.05, 0.1) is 13.7 Å². The molecule has 1 aromatic carbocycles. The summed E-state index contributed by atoms with van der Waals surface area (Å²) in [4.78, 5) is 11.3. The molecule has 0 spiro atoms. The van der Waals surface area contributed by atoms with Crippen LogP contribution in [0.15, 0.2) is 24.3 Å². The fourth-order valence-corrected chi connectivity index (χ4v) is 2.09. The number of carbonyl (C=O) groups is 1. The zero-order chi connectivity index (χ0) is 13.0. The quantitative estimate of drug-likeness (QED) is 0.832. The van der Waals surface area contributed by atoms with E-state index in [4.69, 9.17) is 9.47 Å². The van der Waals surface area contributed by atoms with E-state index in [1.54, 1.807) is 13.2 Å². The van der Waals surface area contributed by atoms with E-state index in [-0.39, 0.29) is 5.92 Å². The van der Waals surface area contributed by atoms with Gasteiger partial charge in [-0.05, 0) is 18.6 Å². The minimum Gasteiger partial charge on any atom is -0.497 e. The molecule has 0 aromatic heterocycles. The van der Waals surface area contributed by atoms with Gasteiger partial charge in [0.25, 0.3) is 0 Å². The van der Waals surface area contributed by atoms with Crippen molar-refractivity contribution in [1.29, 1.82) is 0 Å². The molecular formula is C13H17NO4. The molecule has 2 unspecified atom stereocenters. The van der Waals surface area contributed by atoms with Gasteiger partial charge in [-0.15, -0.1) is 0 Å². The first kappa shape index (κ1) is 12.7. The van der Waals surface area contributed by atoms with E-state index in [0.717, 1.165) is 12.1 Å². The van der Waals surface area contributed by atoms with Crippen LogP contribution in [-0.4, -0.2) is 37.4 Å². The summed E-state index contributed by atoms with van der Waals surface area (Å²) in [6.07, 6.45) is 0.772. The fraction of sp³-hybridized carbons (Fsp3) is 0.462. The largest absolute Gasteiger partial charge is 0.497 e. The van der Waals surface area contributed by atoms with Crippen molar-refractivity contribution in [2.75, 3.05) is 25.6 Å². The highest BCUT2D eigenvalue weighted by atomic mass is 16.5. The van der Waals surface area contributed by atoms with Crippen LogP contribution >= 0.6 is 0 Å². The van der Waals surface area contributed by atoms with Crippen molar-refractivity contribution in [3.05, 3.63) is 24.3 Å². The van der Waals surface area contributed by atoms with Crippen LogP contribution in [0.4, 0.5) is 5.69 Å². The first-order chi connectivity index (χ1) is 8.70. The average molecular weight is 251 g/mol. The van der Waals surface area contributed by atoms with Gasteiger partial charge in [-0.2, -0.15) is 0 Å². The highest BCUT2D eigenvalue weighted by molar-refractivity contribution is 5.78. The fourth-order valence-electron chi connectivity index (χ4n) is 2.09. The van der Waals surface area contributed by atoms with Crippen molar-refractivity contribution in [2.45, 2.75) is 12.5 Å². The van der Waals surface area contributed by atoms with E-state index in [2.05, 4.69) is 5.32 Å². The molecule has 18 heavy (non-hydrogen) atoms. The van der Waals surface area contributed by atoms with Gasteiger partial charge in [0.1, 0.15) is 11.8 Å². The van der Waals surface area contributed by atoms with Gasteiger partial charge >= 0.3 is 5.97 Å². The van der Waals surface area contributed by atoms with E-state index in [0.29, 0.717) is 19.0 Å². The second-order valence-corrected chi connectivity index (χ2v) is 4.32. The smallest absolute Gasteiger partial charge is 0.326 e. The van der Waals surface area contributed by atoms with Gasteiger partial charge in [0.2, 0.25) is 0 Å². The minimum absolute atomic E-state index is 0.00806. The average Bonchev–Trinajstić information content (AvgIpc) is 2.89. The van der Waals surface area contributed by atoms with Crippen LogP contribution < -0.4 is 10.1 Å². The molecule has 0 amide bonds. The monoisotopic (exact) mass is 251 g/mol. The van der Waals surface area contributed by atoms with Crippen molar-refractivity contribution in [2.24, 2.45) is 5.92 Å². The number of hydrogen-bond acceptors (Lipinski definition) is 4. The maximum absolute atomic E-state index is 11.3. The Morgan fingerprint density at radius 2 is 2.44 bits per heavy atom. The molecule has 1 fully saturated rings. The topological polar surface area (TPSA) is 67.8 Å². The molecule has 2 atom stereocenters. The third kappa shape index (κ3) is 2.92. The van der Waals surface area contributed by atoms with Crippen LogP contribution in [0.5, 0.6) is 5.75 Å². The zero-order valence-corrected chi connectivity index (χ0v) is 10.3. The van der Waals surface area contributed by atoms with Crippen LogP contribution in [0.1, 0.15) is 6.42 Å². The Labute approximate surface area is 106 Å². The molecule has 0 bridgehead atoms. The number of methoxy groups -OCH3 is 1. The number of hydrogen-bond donors (Lipinski definition) is 2. The number of benzene rings is 1. The Balaban J connectivity index is 2.10. The third-order valence-corrected chi connectivity index (χ3v) is 3.09. The Kier molecular flexibility index (Phi) is 4.04. The number of carboxylic acid groups (broad SMARTS) is 1. The van der Waals surface area contributed by atoms with E-state index < -0.39 is 12.0 Å². The predicted molar refractivity (Wildman–Crippen MR) is 67.0 cm³/mol. The molecule has 0 radical (unpaired) electrons. The van der Waals surface area contributed by atoms with Gasteiger partial charge < -0.3 is 19.9 Å². The summed E-state index contributed by atoms with van der Waals surface area (Å²) in [5, 5.41) is 12.3. The van der Waals surface area contributed by atoms with Crippen LogP contribution in [-0.2, 0) is 9.53 Å². The third-order valence-electron chi connectivity index (χ3n) is 3.09. The zero-order valence-electron chi connectivity index (χ0n) is 10.3. The molecule has 0 saturated carbocycles. The second kappa shape index (κ2) is 5.73. The van der Waals surface area contributed by atoms with Gasteiger partial charge in [-0.3, -0.25) is 0 Å². The molecule has 0 aliphatic carbocycles. The number of anilines is 1. The maximum Gasteiger partial charge on any atom is 0.326 e. The second-order valence-electron chi connectivity index (χ2n) is 4.32. The molecule has 5 heteroatoms. The van der Waals surface area contributed by atoms with Crippen molar-refractivity contribution in [3.8, 4) is 5.75 Å². The number of carboxylic acids is 1. The summed E-state index contributed by atoms with van der Waals surface area (Å²) in [5.41, 5.74) is 0.744. The predicted octanol–water partition coefficient (Wildman–Crippen LogP) is 1.60. The number of rotatable bonds is 5. The summed E-state index contributed by atoms with van der Waals surface area (Å²) < 4.78 is 10.4. The van der Waals surface area contributed by atoms with E-state index in [1.165, 1.54) is 0 Å². The van der Waals surface area contributed by atoms with Crippen LogP contribution in [0.2, 0.25) is 0 Å². The molecule has 5 nitrogen and oxygen atoms in total. The standard InChI is InChI=1S/C13H17NO4/c1-17-11-4-2-3-10(7-11)14-12(13(15)16)9-5-6-18-8-9/h2-4,7,9,12,14H,5-6,8H2,1H3,(H,15,16). The van der Waals surface area contributed by atoms with Crippen LogP contribution in [0, 0.1) is 5.92 Å². The van der Waals surface area contributed by atoms with E-state index in [1.807, 2.05) is 18.2 Å². The van der Waals surface area contributed by atoms with Gasteiger partial charge in [-0.25, -0.2) is 4.79 Å². The summed E-state index contributed by atoms with van der Waals surface area (Å²) in [5.74, 6) is -0.145. The highest BCUT2D eigenvalue weighted by Crippen LogP contribution is 2.23. The van der Waals surface area contributed by atoms with Crippen molar-refractivity contribution in [1.82, 2.24) is 0 Å². The van der Waals surface area contributed by atoms with Gasteiger partial charge in [0, 0.05) is 24.3 Å². The lowest BCUT2D eigenvalue weighted by molar-refractivity contribution is -0.139. The summed E-state index contributed by atoms with van der Waals surface area (Å²) in [6, 6.07) is 6.63. The minimum atomic E-state index is -0.853.